The Bertz CT molecular complexity index is 663. The fourth-order valence-electron chi connectivity index (χ4n) is 2.03. The molecule has 6 nitrogen and oxygen atoms in total. The largest absolute Gasteiger partial charge is 0.349 e. The second kappa shape index (κ2) is 5.34. The lowest BCUT2D eigenvalue weighted by molar-refractivity contribution is -0.129. The molecule has 112 valence electrons. The Balaban J connectivity index is 1.57. The quantitative estimate of drug-likeness (QED) is 0.884. The Morgan fingerprint density at radius 3 is 3.14 bits per heavy atom. The maximum absolute atomic E-state index is 12.1. The Kier molecular flexibility index (Phi) is 3.66. The number of hydrogen-bond donors (Lipinski definition) is 2. The summed E-state index contributed by atoms with van der Waals surface area (Å²) in [6.45, 7) is 4.09. The number of thioether (sulfide) groups is 1. The third-order valence-corrected chi connectivity index (χ3v) is 5.54. The van der Waals surface area contributed by atoms with Crippen LogP contribution in [0.4, 0.5) is 0 Å². The van der Waals surface area contributed by atoms with Gasteiger partial charge in [-0.25, -0.2) is 4.98 Å². The number of aromatic nitrogens is 2. The topological polar surface area (TPSA) is 75.5 Å². The molecule has 3 rings (SSSR count). The zero-order valence-corrected chi connectivity index (χ0v) is 13.4. The van der Waals surface area contributed by atoms with Crippen molar-refractivity contribution in [3.63, 3.8) is 0 Å². The van der Waals surface area contributed by atoms with Gasteiger partial charge in [0.25, 0.3) is 0 Å². The van der Waals surface area contributed by atoms with Crippen molar-refractivity contribution in [2.24, 2.45) is 0 Å². The molecular weight excluding hydrogens is 308 g/mol. The van der Waals surface area contributed by atoms with Gasteiger partial charge in [0.2, 0.25) is 11.8 Å². The monoisotopic (exact) mass is 324 g/mol. The molecule has 2 N–H and O–H groups in total. The molecule has 1 saturated heterocycles. The molecule has 0 saturated carbocycles. The molecule has 2 aromatic rings. The van der Waals surface area contributed by atoms with E-state index in [-0.39, 0.29) is 11.8 Å². The Labute approximate surface area is 130 Å². The number of rotatable bonds is 3. The summed E-state index contributed by atoms with van der Waals surface area (Å²) in [5.41, 5.74) is 0.810. The number of nitrogens with one attached hydrogen (secondary N) is 2. The normalized spacial score (nSPS) is 21.2. The zero-order valence-electron chi connectivity index (χ0n) is 11.8. The Hall–Kier alpha value is -1.54. The third-order valence-electron chi connectivity index (χ3n) is 3.37. The molecule has 1 fully saturated rings. The van der Waals surface area contributed by atoms with Gasteiger partial charge in [0.15, 0.2) is 4.96 Å². The summed E-state index contributed by atoms with van der Waals surface area (Å²) < 4.78 is 1.46. The van der Waals surface area contributed by atoms with E-state index >= 15 is 0 Å². The molecule has 21 heavy (non-hydrogen) atoms. The number of thiazole rings is 1. The van der Waals surface area contributed by atoms with Gasteiger partial charge in [-0.3, -0.25) is 14.0 Å². The average molecular weight is 324 g/mol. The van der Waals surface area contributed by atoms with Crippen LogP contribution in [0.3, 0.4) is 0 Å². The van der Waals surface area contributed by atoms with Crippen molar-refractivity contribution < 1.29 is 9.59 Å². The number of hydrogen-bond acceptors (Lipinski definition) is 5. The fourth-order valence-corrected chi connectivity index (χ4v) is 3.76. The molecule has 1 aliphatic rings. The van der Waals surface area contributed by atoms with Gasteiger partial charge in [-0.15, -0.1) is 23.1 Å². The van der Waals surface area contributed by atoms with Crippen LogP contribution in [-0.4, -0.2) is 37.7 Å². The van der Waals surface area contributed by atoms with Gasteiger partial charge in [-0.2, -0.15) is 0 Å². The first-order valence-electron chi connectivity index (χ1n) is 6.59. The van der Waals surface area contributed by atoms with E-state index < -0.39 is 10.8 Å². The van der Waals surface area contributed by atoms with Crippen molar-refractivity contribution in [3.05, 3.63) is 23.5 Å². The molecule has 0 unspecified atom stereocenters. The van der Waals surface area contributed by atoms with E-state index in [0.29, 0.717) is 12.3 Å². The van der Waals surface area contributed by atoms with E-state index in [0.717, 1.165) is 10.7 Å². The first kappa shape index (κ1) is 14.4. The van der Waals surface area contributed by atoms with Gasteiger partial charge in [-0.1, -0.05) is 0 Å². The minimum Gasteiger partial charge on any atom is -0.349 e. The van der Waals surface area contributed by atoms with Crippen LogP contribution in [0.15, 0.2) is 17.8 Å². The zero-order chi connectivity index (χ0) is 15.0. The molecule has 0 aromatic carbocycles. The first-order chi connectivity index (χ1) is 9.95. The number of carbonyl (C=O) groups excluding carboxylic acids is 2. The van der Waals surface area contributed by atoms with E-state index in [1.165, 1.54) is 11.8 Å². The van der Waals surface area contributed by atoms with E-state index in [1.54, 1.807) is 11.3 Å². The molecule has 8 heteroatoms. The summed E-state index contributed by atoms with van der Waals surface area (Å²) in [4.78, 5) is 29.3. The van der Waals surface area contributed by atoms with Crippen molar-refractivity contribution in [2.45, 2.75) is 31.2 Å². The van der Waals surface area contributed by atoms with Crippen LogP contribution in [-0.2, 0) is 16.1 Å². The first-order valence-corrected chi connectivity index (χ1v) is 8.46. The highest BCUT2D eigenvalue weighted by Gasteiger charge is 2.37. The minimum atomic E-state index is -0.473. The molecule has 2 aromatic heterocycles. The summed E-state index contributed by atoms with van der Waals surface area (Å²) in [7, 11) is 0. The molecule has 0 bridgehead atoms. The van der Waals surface area contributed by atoms with Crippen molar-refractivity contribution in [3.8, 4) is 0 Å². The maximum atomic E-state index is 12.1. The smallest absolute Gasteiger partial charge is 0.243 e. The predicted octanol–water partition coefficient (Wildman–Crippen LogP) is 1.02. The van der Waals surface area contributed by atoms with Gasteiger partial charge in [0, 0.05) is 23.5 Å². The van der Waals surface area contributed by atoms with Crippen LogP contribution >= 0.6 is 23.1 Å². The second-order valence-electron chi connectivity index (χ2n) is 5.39. The Morgan fingerprint density at radius 1 is 1.62 bits per heavy atom. The van der Waals surface area contributed by atoms with Gasteiger partial charge in [0.1, 0.15) is 6.04 Å². The van der Waals surface area contributed by atoms with Crippen molar-refractivity contribution in [1.29, 1.82) is 0 Å². The fraction of sp³-hybridized carbons (Fsp3) is 0.462. The van der Waals surface area contributed by atoms with E-state index in [2.05, 4.69) is 15.6 Å². The number of fused-ring (bicyclic) bond motifs is 1. The number of imidazole rings is 1. The van der Waals surface area contributed by atoms with Crippen LogP contribution in [0.5, 0.6) is 0 Å². The lowest BCUT2D eigenvalue weighted by Crippen LogP contribution is -2.57. The summed E-state index contributed by atoms with van der Waals surface area (Å²) in [5.74, 6) is 0.326. The molecular formula is C13H16N4O2S2. The van der Waals surface area contributed by atoms with Crippen LogP contribution in [0.25, 0.3) is 4.96 Å². The number of nitrogens with zero attached hydrogens (tertiary/aromatic N) is 2. The predicted molar refractivity (Wildman–Crippen MR) is 83.4 cm³/mol. The molecule has 1 atom stereocenters. The van der Waals surface area contributed by atoms with Crippen LogP contribution in [0, 0.1) is 0 Å². The third kappa shape index (κ3) is 2.91. The molecule has 0 spiro atoms. The van der Waals surface area contributed by atoms with E-state index in [4.69, 9.17) is 0 Å². The minimum absolute atomic E-state index is 0.0959. The van der Waals surface area contributed by atoms with Crippen LogP contribution in [0.2, 0.25) is 0 Å². The summed E-state index contributed by atoms with van der Waals surface area (Å²) in [5, 5.41) is 7.56. The van der Waals surface area contributed by atoms with Crippen LogP contribution < -0.4 is 10.6 Å². The lowest BCUT2D eigenvalue weighted by atomic mass is 10.1. The molecule has 1 aliphatic heterocycles. The summed E-state index contributed by atoms with van der Waals surface area (Å²) in [6, 6.07) is -0.473. The molecule has 3 heterocycles. The highest BCUT2D eigenvalue weighted by molar-refractivity contribution is 8.01. The standard InChI is InChI=1S/C13H16N4O2S2/c1-13(2)11(19)16-9(7-21-13)10(18)14-5-8-6-17-3-4-20-12(17)15-8/h3-4,6,9H,5,7H2,1-2H3,(H,14,18)(H,16,19)/t9-/m0/s1. The maximum Gasteiger partial charge on any atom is 0.243 e. The van der Waals surface area contributed by atoms with Crippen LogP contribution in [0.1, 0.15) is 19.5 Å². The van der Waals surface area contributed by atoms with E-state index in [9.17, 15) is 9.59 Å². The van der Waals surface area contributed by atoms with Crippen molar-refractivity contribution in [1.82, 2.24) is 20.0 Å². The highest BCUT2D eigenvalue weighted by Crippen LogP contribution is 2.28. The van der Waals surface area contributed by atoms with Crippen molar-refractivity contribution in [2.75, 3.05) is 5.75 Å². The second-order valence-corrected chi connectivity index (χ2v) is 7.91. The molecule has 0 radical (unpaired) electrons. The van der Waals surface area contributed by atoms with Gasteiger partial charge >= 0.3 is 0 Å². The van der Waals surface area contributed by atoms with Crippen molar-refractivity contribution >= 4 is 39.9 Å². The number of carbonyl (C=O) groups is 2. The van der Waals surface area contributed by atoms with Gasteiger partial charge in [-0.05, 0) is 13.8 Å². The SMILES string of the molecule is CC1(C)SC[C@@H](C(=O)NCc2cn3ccsc3n2)NC1=O. The summed E-state index contributed by atoms with van der Waals surface area (Å²) >= 11 is 3.05. The Morgan fingerprint density at radius 2 is 2.43 bits per heavy atom. The lowest BCUT2D eigenvalue weighted by Gasteiger charge is -2.32. The average Bonchev–Trinajstić information content (AvgIpc) is 3.00. The molecule has 0 aliphatic carbocycles. The van der Waals surface area contributed by atoms with Gasteiger partial charge in [0.05, 0.1) is 17.0 Å². The molecule has 2 amide bonds. The number of amides is 2. The van der Waals surface area contributed by atoms with Gasteiger partial charge < -0.3 is 10.6 Å². The highest BCUT2D eigenvalue weighted by atomic mass is 32.2. The summed E-state index contributed by atoms with van der Waals surface area (Å²) in [6.07, 6.45) is 3.82. The van der Waals surface area contributed by atoms with E-state index in [1.807, 2.05) is 36.0 Å².